The minimum atomic E-state index is -0.615. The van der Waals surface area contributed by atoms with E-state index in [4.69, 9.17) is 0 Å². The average molecular weight is 367 g/mol. The van der Waals surface area contributed by atoms with Gasteiger partial charge in [-0.05, 0) is 36.1 Å². The first-order valence-corrected chi connectivity index (χ1v) is 9.31. The summed E-state index contributed by atoms with van der Waals surface area (Å²) in [6.07, 6.45) is 1.87. The zero-order valence-electron chi connectivity index (χ0n) is 14.5. The largest absolute Gasteiger partial charge is 0.350 e. The van der Waals surface area contributed by atoms with Crippen molar-refractivity contribution in [1.82, 2.24) is 15.2 Å². The van der Waals surface area contributed by atoms with Crippen LogP contribution in [0.3, 0.4) is 0 Å². The molecular weight excluding hydrogens is 346 g/mol. The Morgan fingerprint density at radius 1 is 1.08 bits per heavy atom. The number of thiophene rings is 1. The highest BCUT2D eigenvalue weighted by atomic mass is 32.1. The van der Waals surface area contributed by atoms with Crippen LogP contribution in [-0.2, 0) is 17.9 Å². The summed E-state index contributed by atoms with van der Waals surface area (Å²) in [7, 11) is 0. The normalized spacial score (nSPS) is 11.7. The van der Waals surface area contributed by atoms with Gasteiger partial charge < -0.3 is 15.2 Å². The fourth-order valence-corrected chi connectivity index (χ4v) is 3.31. The zero-order valence-corrected chi connectivity index (χ0v) is 15.3. The van der Waals surface area contributed by atoms with E-state index in [1.54, 1.807) is 24.3 Å². The maximum Gasteiger partial charge on any atom is 0.268 e. The Labute approximate surface area is 156 Å². The SMILES string of the molecule is CC(NC(=O)c1cccn1Cc1cccs1)C(=O)NCc1ccccc1. The molecule has 1 aromatic carbocycles. The van der Waals surface area contributed by atoms with Gasteiger partial charge in [0.1, 0.15) is 11.7 Å². The molecule has 3 aromatic rings. The summed E-state index contributed by atoms with van der Waals surface area (Å²) in [4.78, 5) is 25.9. The number of carbonyl (C=O) groups excluding carboxylic acids is 2. The highest BCUT2D eigenvalue weighted by molar-refractivity contribution is 7.09. The Bertz CT molecular complexity index is 856. The third-order valence-corrected chi connectivity index (χ3v) is 4.88. The van der Waals surface area contributed by atoms with Crippen molar-refractivity contribution < 1.29 is 9.59 Å². The van der Waals surface area contributed by atoms with Crippen LogP contribution in [0, 0.1) is 0 Å². The first-order chi connectivity index (χ1) is 12.6. The molecule has 5 nitrogen and oxygen atoms in total. The molecule has 2 heterocycles. The summed E-state index contributed by atoms with van der Waals surface area (Å²) in [5, 5.41) is 7.62. The molecule has 6 heteroatoms. The Morgan fingerprint density at radius 2 is 1.88 bits per heavy atom. The molecule has 3 rings (SSSR count). The van der Waals surface area contributed by atoms with E-state index in [1.807, 2.05) is 64.7 Å². The number of benzene rings is 1. The molecule has 0 saturated carbocycles. The predicted molar refractivity (Wildman–Crippen MR) is 103 cm³/mol. The number of rotatable bonds is 7. The summed E-state index contributed by atoms with van der Waals surface area (Å²) in [6.45, 7) is 2.77. The lowest BCUT2D eigenvalue weighted by atomic mass is 10.2. The fourth-order valence-electron chi connectivity index (χ4n) is 2.60. The van der Waals surface area contributed by atoms with Gasteiger partial charge in [0.25, 0.3) is 5.91 Å². The van der Waals surface area contributed by atoms with Crippen LogP contribution < -0.4 is 10.6 Å². The lowest BCUT2D eigenvalue weighted by molar-refractivity contribution is -0.122. The molecule has 134 valence electrons. The molecule has 0 fully saturated rings. The topological polar surface area (TPSA) is 63.1 Å². The van der Waals surface area contributed by atoms with E-state index in [9.17, 15) is 9.59 Å². The number of nitrogens with zero attached hydrogens (tertiary/aromatic N) is 1. The summed E-state index contributed by atoms with van der Waals surface area (Å²) in [6, 6.07) is 16.7. The number of nitrogens with one attached hydrogen (secondary N) is 2. The lowest BCUT2D eigenvalue weighted by Crippen LogP contribution is -2.45. The summed E-state index contributed by atoms with van der Waals surface area (Å²) >= 11 is 1.65. The highest BCUT2D eigenvalue weighted by Crippen LogP contribution is 2.13. The molecule has 0 radical (unpaired) electrons. The van der Waals surface area contributed by atoms with Gasteiger partial charge in [-0.1, -0.05) is 36.4 Å². The van der Waals surface area contributed by atoms with Crippen LogP contribution in [0.25, 0.3) is 0 Å². The summed E-state index contributed by atoms with van der Waals surface area (Å²) < 4.78 is 1.88. The van der Waals surface area contributed by atoms with Crippen LogP contribution in [0.4, 0.5) is 0 Å². The van der Waals surface area contributed by atoms with Gasteiger partial charge in [-0.15, -0.1) is 11.3 Å². The van der Waals surface area contributed by atoms with Gasteiger partial charge in [-0.2, -0.15) is 0 Å². The van der Waals surface area contributed by atoms with E-state index in [1.165, 1.54) is 4.88 Å². The molecule has 0 aliphatic rings. The Morgan fingerprint density at radius 3 is 2.62 bits per heavy atom. The first kappa shape index (κ1) is 17.9. The van der Waals surface area contributed by atoms with Crippen LogP contribution in [0.2, 0.25) is 0 Å². The molecular formula is C20H21N3O2S. The van der Waals surface area contributed by atoms with E-state index in [0.717, 1.165) is 5.56 Å². The van der Waals surface area contributed by atoms with Crippen molar-refractivity contribution in [3.8, 4) is 0 Å². The van der Waals surface area contributed by atoms with Crippen molar-refractivity contribution in [3.63, 3.8) is 0 Å². The lowest BCUT2D eigenvalue weighted by Gasteiger charge is -2.15. The molecule has 26 heavy (non-hydrogen) atoms. The molecule has 2 N–H and O–H groups in total. The van der Waals surface area contributed by atoms with E-state index in [2.05, 4.69) is 10.6 Å². The van der Waals surface area contributed by atoms with Gasteiger partial charge in [0.2, 0.25) is 5.91 Å². The van der Waals surface area contributed by atoms with E-state index >= 15 is 0 Å². The van der Waals surface area contributed by atoms with Gasteiger partial charge in [-0.25, -0.2) is 0 Å². The minimum absolute atomic E-state index is 0.210. The Balaban J connectivity index is 1.55. The Hall–Kier alpha value is -2.86. The van der Waals surface area contributed by atoms with Crippen molar-refractivity contribution in [1.29, 1.82) is 0 Å². The monoisotopic (exact) mass is 367 g/mol. The Kier molecular flexibility index (Phi) is 5.86. The van der Waals surface area contributed by atoms with Crippen LogP contribution >= 0.6 is 11.3 Å². The van der Waals surface area contributed by atoms with E-state index in [0.29, 0.717) is 18.8 Å². The molecule has 0 spiro atoms. The predicted octanol–water partition coefficient (Wildman–Crippen LogP) is 3.03. The van der Waals surface area contributed by atoms with Gasteiger partial charge in [0.15, 0.2) is 0 Å². The van der Waals surface area contributed by atoms with Gasteiger partial charge in [-0.3, -0.25) is 9.59 Å². The molecule has 0 bridgehead atoms. The first-order valence-electron chi connectivity index (χ1n) is 8.43. The second-order valence-corrected chi connectivity index (χ2v) is 7.03. The number of amides is 2. The van der Waals surface area contributed by atoms with Crippen LogP contribution in [0.15, 0.2) is 66.2 Å². The fraction of sp³-hybridized carbons (Fsp3) is 0.200. The van der Waals surface area contributed by atoms with Crippen LogP contribution in [-0.4, -0.2) is 22.4 Å². The maximum atomic E-state index is 12.5. The molecule has 0 saturated heterocycles. The van der Waals surface area contributed by atoms with E-state index < -0.39 is 6.04 Å². The van der Waals surface area contributed by atoms with Crippen molar-refractivity contribution in [3.05, 3.63) is 82.3 Å². The molecule has 1 unspecified atom stereocenters. The molecule has 2 amide bonds. The third kappa shape index (κ3) is 4.61. The van der Waals surface area contributed by atoms with Gasteiger partial charge in [0, 0.05) is 17.6 Å². The van der Waals surface area contributed by atoms with Gasteiger partial charge in [0.05, 0.1) is 6.54 Å². The number of carbonyl (C=O) groups is 2. The highest BCUT2D eigenvalue weighted by Gasteiger charge is 2.18. The average Bonchev–Trinajstić information content (AvgIpc) is 3.33. The molecule has 0 aliphatic heterocycles. The second kappa shape index (κ2) is 8.49. The van der Waals surface area contributed by atoms with Crippen molar-refractivity contribution in [2.75, 3.05) is 0 Å². The summed E-state index contributed by atoms with van der Waals surface area (Å²) in [5.41, 5.74) is 1.56. The minimum Gasteiger partial charge on any atom is -0.350 e. The standard InChI is InChI=1S/C20H21N3O2S/c1-15(19(24)21-13-16-7-3-2-4-8-16)22-20(25)18-10-5-11-23(18)14-17-9-6-12-26-17/h2-12,15H,13-14H2,1H3,(H,21,24)(H,22,25). The number of hydrogen-bond acceptors (Lipinski definition) is 3. The summed E-state index contributed by atoms with van der Waals surface area (Å²) in [5.74, 6) is -0.465. The van der Waals surface area contributed by atoms with Gasteiger partial charge >= 0.3 is 0 Å². The van der Waals surface area contributed by atoms with Crippen LogP contribution in [0.1, 0.15) is 27.9 Å². The zero-order chi connectivity index (χ0) is 18.4. The molecule has 0 aliphatic carbocycles. The number of hydrogen-bond donors (Lipinski definition) is 2. The third-order valence-electron chi connectivity index (χ3n) is 4.02. The number of aromatic nitrogens is 1. The van der Waals surface area contributed by atoms with E-state index in [-0.39, 0.29) is 11.8 Å². The molecule has 1 atom stereocenters. The van der Waals surface area contributed by atoms with Crippen molar-refractivity contribution >= 4 is 23.2 Å². The smallest absolute Gasteiger partial charge is 0.268 e. The van der Waals surface area contributed by atoms with Crippen molar-refractivity contribution in [2.24, 2.45) is 0 Å². The quantitative estimate of drug-likeness (QED) is 0.674. The maximum absolute atomic E-state index is 12.5. The van der Waals surface area contributed by atoms with Crippen molar-refractivity contribution in [2.45, 2.75) is 26.1 Å². The second-order valence-electron chi connectivity index (χ2n) is 6.00. The van der Waals surface area contributed by atoms with Crippen LogP contribution in [0.5, 0.6) is 0 Å². The molecule has 2 aromatic heterocycles.